The lowest BCUT2D eigenvalue weighted by molar-refractivity contribution is 0.0932. The highest BCUT2D eigenvalue weighted by molar-refractivity contribution is 5.94. The molecule has 34 heavy (non-hydrogen) atoms. The lowest BCUT2D eigenvalue weighted by Gasteiger charge is -2.15. The van der Waals surface area contributed by atoms with Gasteiger partial charge in [0.05, 0.1) is 24.5 Å². The summed E-state index contributed by atoms with van der Waals surface area (Å²) >= 11 is 0. The van der Waals surface area contributed by atoms with Crippen molar-refractivity contribution < 1.29 is 9.53 Å². The number of hydrogen-bond donors (Lipinski definition) is 1. The molecule has 6 heteroatoms. The van der Waals surface area contributed by atoms with E-state index in [1.165, 1.54) is 0 Å². The van der Waals surface area contributed by atoms with E-state index in [9.17, 15) is 4.79 Å². The minimum absolute atomic E-state index is 0.165. The number of carbonyl (C=O) groups is 1. The molecule has 0 saturated carbocycles. The highest BCUT2D eigenvalue weighted by Crippen LogP contribution is 2.26. The SMILES string of the molecule is COc1cccc(-c2cc(C(=O)NC(C)c3ccccc3)n3nc(-c4ccccc4)cc3n2)c1. The maximum Gasteiger partial charge on any atom is 0.270 e. The molecule has 0 saturated heterocycles. The molecule has 0 aliphatic carbocycles. The average molecular weight is 449 g/mol. The van der Waals surface area contributed by atoms with Crippen LogP contribution in [0.5, 0.6) is 5.75 Å². The molecular formula is C28H24N4O2. The van der Waals surface area contributed by atoms with Crippen molar-refractivity contribution in [3.05, 3.63) is 108 Å². The summed E-state index contributed by atoms with van der Waals surface area (Å²) < 4.78 is 6.99. The van der Waals surface area contributed by atoms with Gasteiger partial charge in [0.2, 0.25) is 0 Å². The van der Waals surface area contributed by atoms with Crippen molar-refractivity contribution in [2.24, 2.45) is 0 Å². The monoisotopic (exact) mass is 448 g/mol. The number of aromatic nitrogens is 3. The lowest BCUT2D eigenvalue weighted by Crippen LogP contribution is -2.28. The average Bonchev–Trinajstić information content (AvgIpc) is 3.33. The number of carbonyl (C=O) groups excluding carboxylic acids is 1. The minimum atomic E-state index is -0.226. The van der Waals surface area contributed by atoms with E-state index < -0.39 is 0 Å². The van der Waals surface area contributed by atoms with E-state index in [-0.39, 0.29) is 11.9 Å². The molecule has 5 rings (SSSR count). The van der Waals surface area contributed by atoms with Crippen LogP contribution in [0.2, 0.25) is 0 Å². The summed E-state index contributed by atoms with van der Waals surface area (Å²) in [5.74, 6) is 0.497. The zero-order chi connectivity index (χ0) is 23.5. The predicted molar refractivity (Wildman–Crippen MR) is 133 cm³/mol. The summed E-state index contributed by atoms with van der Waals surface area (Å²) in [6, 6.07) is 30.9. The first-order valence-electron chi connectivity index (χ1n) is 11.1. The maximum absolute atomic E-state index is 13.5. The molecule has 168 valence electrons. The Morgan fingerprint density at radius 3 is 2.29 bits per heavy atom. The molecule has 2 heterocycles. The first kappa shape index (κ1) is 21.4. The number of amides is 1. The van der Waals surface area contributed by atoms with Crippen molar-refractivity contribution in [1.29, 1.82) is 0 Å². The van der Waals surface area contributed by atoms with Crippen LogP contribution in [0.1, 0.15) is 29.0 Å². The highest BCUT2D eigenvalue weighted by atomic mass is 16.5. The zero-order valence-corrected chi connectivity index (χ0v) is 19.0. The second-order valence-corrected chi connectivity index (χ2v) is 8.03. The van der Waals surface area contributed by atoms with Gasteiger partial charge in [-0.05, 0) is 30.7 Å². The first-order valence-corrected chi connectivity index (χ1v) is 11.1. The second kappa shape index (κ2) is 9.19. The fourth-order valence-corrected chi connectivity index (χ4v) is 3.91. The quantitative estimate of drug-likeness (QED) is 0.369. The number of ether oxygens (including phenoxy) is 1. The van der Waals surface area contributed by atoms with Gasteiger partial charge in [0.25, 0.3) is 5.91 Å². The molecule has 0 spiro atoms. The van der Waals surface area contributed by atoms with Gasteiger partial charge in [0.15, 0.2) is 5.65 Å². The fraction of sp³-hybridized carbons (Fsp3) is 0.107. The molecule has 6 nitrogen and oxygen atoms in total. The van der Waals surface area contributed by atoms with Crippen LogP contribution in [-0.4, -0.2) is 27.6 Å². The topological polar surface area (TPSA) is 68.5 Å². The molecule has 1 N–H and O–H groups in total. The van der Waals surface area contributed by atoms with Gasteiger partial charge < -0.3 is 10.1 Å². The number of benzene rings is 3. The minimum Gasteiger partial charge on any atom is -0.497 e. The smallest absolute Gasteiger partial charge is 0.270 e. The van der Waals surface area contributed by atoms with Gasteiger partial charge in [-0.1, -0.05) is 72.8 Å². The Labute approximate surface area is 197 Å². The van der Waals surface area contributed by atoms with Crippen LogP contribution in [0.25, 0.3) is 28.2 Å². The summed E-state index contributed by atoms with van der Waals surface area (Å²) in [6.45, 7) is 1.97. The van der Waals surface area contributed by atoms with E-state index in [4.69, 9.17) is 14.8 Å². The van der Waals surface area contributed by atoms with Crippen LogP contribution in [0, 0.1) is 0 Å². The van der Waals surface area contributed by atoms with Gasteiger partial charge in [-0.2, -0.15) is 5.10 Å². The largest absolute Gasteiger partial charge is 0.497 e. The van der Waals surface area contributed by atoms with E-state index in [0.717, 1.165) is 28.1 Å². The molecule has 2 aromatic heterocycles. The van der Waals surface area contributed by atoms with Crippen molar-refractivity contribution >= 4 is 11.6 Å². The molecule has 1 amide bonds. The van der Waals surface area contributed by atoms with E-state index in [2.05, 4.69) is 5.32 Å². The van der Waals surface area contributed by atoms with Gasteiger partial charge in [-0.15, -0.1) is 0 Å². The van der Waals surface area contributed by atoms with Crippen LogP contribution in [0.15, 0.2) is 97.1 Å². The Morgan fingerprint density at radius 1 is 0.853 bits per heavy atom. The van der Waals surface area contributed by atoms with E-state index in [0.29, 0.717) is 17.0 Å². The molecule has 3 aromatic carbocycles. The van der Waals surface area contributed by atoms with Crippen LogP contribution in [0.4, 0.5) is 0 Å². The third-order valence-corrected chi connectivity index (χ3v) is 5.74. The van der Waals surface area contributed by atoms with Crippen LogP contribution in [-0.2, 0) is 0 Å². The number of fused-ring (bicyclic) bond motifs is 1. The van der Waals surface area contributed by atoms with Gasteiger partial charge in [0, 0.05) is 17.2 Å². The van der Waals surface area contributed by atoms with E-state index in [1.807, 2.05) is 97.9 Å². The highest BCUT2D eigenvalue weighted by Gasteiger charge is 2.19. The molecule has 0 bridgehead atoms. The molecule has 1 atom stereocenters. The van der Waals surface area contributed by atoms with Crippen LogP contribution in [0.3, 0.4) is 0 Å². The van der Waals surface area contributed by atoms with Crippen LogP contribution < -0.4 is 10.1 Å². The molecular weight excluding hydrogens is 424 g/mol. The standard InChI is InChI=1S/C28H24N4O2/c1-19(20-10-5-3-6-11-20)29-28(33)26-17-24(22-14-9-15-23(16-22)34-2)30-27-18-25(31-32(26)27)21-12-7-4-8-13-21/h3-19H,1-2H3,(H,29,33). The van der Waals surface area contributed by atoms with Crippen LogP contribution >= 0.6 is 0 Å². The Hall–Kier alpha value is -4.45. The Balaban J connectivity index is 1.61. The Morgan fingerprint density at radius 2 is 1.56 bits per heavy atom. The van der Waals surface area contributed by atoms with E-state index in [1.54, 1.807) is 17.7 Å². The molecule has 0 aliphatic heterocycles. The summed E-state index contributed by atoms with van der Waals surface area (Å²) in [5, 5.41) is 7.82. The second-order valence-electron chi connectivity index (χ2n) is 8.03. The normalized spacial score (nSPS) is 11.8. The Kier molecular flexibility index (Phi) is 5.79. The number of hydrogen-bond acceptors (Lipinski definition) is 4. The third kappa shape index (κ3) is 4.26. The number of nitrogens with one attached hydrogen (secondary N) is 1. The van der Waals surface area contributed by atoms with Gasteiger partial charge in [-0.25, -0.2) is 9.50 Å². The summed E-state index contributed by atoms with van der Waals surface area (Å²) in [5.41, 5.74) is 5.27. The van der Waals surface area contributed by atoms with Gasteiger partial charge >= 0.3 is 0 Å². The third-order valence-electron chi connectivity index (χ3n) is 5.74. The summed E-state index contributed by atoms with van der Waals surface area (Å²) in [7, 11) is 1.63. The molecule has 0 aliphatic rings. The summed E-state index contributed by atoms with van der Waals surface area (Å²) in [6.07, 6.45) is 0. The van der Waals surface area contributed by atoms with Crippen molar-refractivity contribution in [2.45, 2.75) is 13.0 Å². The van der Waals surface area contributed by atoms with Crippen molar-refractivity contribution in [1.82, 2.24) is 19.9 Å². The predicted octanol–water partition coefficient (Wildman–Crippen LogP) is 5.56. The molecule has 1 unspecified atom stereocenters. The van der Waals surface area contributed by atoms with Crippen molar-refractivity contribution in [3.8, 4) is 28.3 Å². The van der Waals surface area contributed by atoms with Gasteiger partial charge in [-0.3, -0.25) is 4.79 Å². The zero-order valence-electron chi connectivity index (χ0n) is 19.0. The van der Waals surface area contributed by atoms with Crippen molar-refractivity contribution in [2.75, 3.05) is 7.11 Å². The maximum atomic E-state index is 13.5. The lowest BCUT2D eigenvalue weighted by atomic mass is 10.1. The Bertz CT molecular complexity index is 1450. The van der Waals surface area contributed by atoms with Gasteiger partial charge in [0.1, 0.15) is 11.4 Å². The number of rotatable bonds is 6. The van der Waals surface area contributed by atoms with E-state index >= 15 is 0 Å². The number of nitrogens with zero attached hydrogens (tertiary/aromatic N) is 3. The van der Waals surface area contributed by atoms with Crippen molar-refractivity contribution in [3.63, 3.8) is 0 Å². The molecule has 0 fully saturated rings. The molecule has 0 radical (unpaired) electrons. The molecule has 5 aromatic rings. The fourth-order valence-electron chi connectivity index (χ4n) is 3.91. The number of methoxy groups -OCH3 is 1. The first-order chi connectivity index (χ1) is 16.6. The summed E-state index contributed by atoms with van der Waals surface area (Å²) in [4.78, 5) is 18.3.